The quantitative estimate of drug-likeness (QED) is 0.778. The van der Waals surface area contributed by atoms with Crippen LogP contribution in [0.5, 0.6) is 5.75 Å². The first-order chi connectivity index (χ1) is 6.65. The van der Waals surface area contributed by atoms with Crippen molar-refractivity contribution < 1.29 is 9.84 Å². The molecular weight excluding hydrogens is 176 g/mol. The van der Waals surface area contributed by atoms with Gasteiger partial charge in [0.1, 0.15) is 11.9 Å². The van der Waals surface area contributed by atoms with Crippen LogP contribution in [0.25, 0.3) is 0 Å². The summed E-state index contributed by atoms with van der Waals surface area (Å²) in [5.41, 5.74) is 2.38. The maximum absolute atomic E-state index is 9.14. The molecule has 1 N–H and O–H groups in total. The molecule has 0 atom stereocenters. The highest BCUT2D eigenvalue weighted by Gasteiger charge is 2.29. The summed E-state index contributed by atoms with van der Waals surface area (Å²) in [5, 5.41) is 9.14. The number of aryl methyl sites for hydroxylation is 2. The highest BCUT2D eigenvalue weighted by atomic mass is 16.5. The molecule has 1 aromatic carbocycles. The van der Waals surface area contributed by atoms with Crippen LogP contribution in [0.15, 0.2) is 18.2 Å². The van der Waals surface area contributed by atoms with E-state index >= 15 is 0 Å². The van der Waals surface area contributed by atoms with Crippen LogP contribution < -0.4 is 4.74 Å². The second kappa shape index (κ2) is 3.62. The van der Waals surface area contributed by atoms with E-state index < -0.39 is 0 Å². The lowest BCUT2D eigenvalue weighted by Crippen LogP contribution is -2.37. The molecule has 2 rings (SSSR count). The summed E-state index contributed by atoms with van der Waals surface area (Å²) < 4.78 is 5.77. The summed E-state index contributed by atoms with van der Waals surface area (Å²) in [6, 6.07) is 6.21. The van der Waals surface area contributed by atoms with Crippen molar-refractivity contribution in [1.82, 2.24) is 0 Å². The van der Waals surface area contributed by atoms with Crippen LogP contribution in [0.2, 0.25) is 0 Å². The van der Waals surface area contributed by atoms with Gasteiger partial charge in [0.05, 0.1) is 6.10 Å². The summed E-state index contributed by atoms with van der Waals surface area (Å²) >= 11 is 0. The van der Waals surface area contributed by atoms with Crippen LogP contribution >= 0.6 is 0 Å². The lowest BCUT2D eigenvalue weighted by Gasteiger charge is -2.32. The van der Waals surface area contributed by atoms with E-state index in [4.69, 9.17) is 9.84 Å². The SMILES string of the molecule is Cc1ccc(C)c(OC2CC(O)C2)c1. The average molecular weight is 192 g/mol. The molecule has 1 aromatic rings. The second-order valence-electron chi connectivity index (χ2n) is 4.13. The topological polar surface area (TPSA) is 29.5 Å². The van der Waals surface area contributed by atoms with E-state index in [2.05, 4.69) is 25.1 Å². The molecule has 2 heteroatoms. The van der Waals surface area contributed by atoms with E-state index in [1.165, 1.54) is 5.56 Å². The molecule has 76 valence electrons. The molecule has 1 saturated carbocycles. The summed E-state index contributed by atoms with van der Waals surface area (Å²) in [6.45, 7) is 4.10. The zero-order valence-corrected chi connectivity index (χ0v) is 8.66. The van der Waals surface area contributed by atoms with Crippen molar-refractivity contribution in [3.63, 3.8) is 0 Å². The first kappa shape index (κ1) is 9.53. The molecule has 0 heterocycles. The predicted octanol–water partition coefficient (Wildman–Crippen LogP) is 2.21. The lowest BCUT2D eigenvalue weighted by molar-refractivity contribution is -0.0111. The number of aliphatic hydroxyl groups excluding tert-OH is 1. The standard InChI is InChI=1S/C12H16O2/c1-8-3-4-9(2)12(5-8)14-11-6-10(13)7-11/h3-5,10-11,13H,6-7H2,1-2H3. The Balaban J connectivity index is 2.05. The Bertz CT molecular complexity index is 327. The third-order valence-electron chi connectivity index (χ3n) is 2.71. The van der Waals surface area contributed by atoms with E-state index in [0.717, 1.165) is 24.2 Å². The van der Waals surface area contributed by atoms with Gasteiger partial charge in [0.15, 0.2) is 0 Å². The first-order valence-electron chi connectivity index (χ1n) is 5.07. The van der Waals surface area contributed by atoms with Gasteiger partial charge in [0, 0.05) is 12.8 Å². The molecule has 0 saturated heterocycles. The van der Waals surface area contributed by atoms with Crippen LogP contribution in [0.3, 0.4) is 0 Å². The maximum Gasteiger partial charge on any atom is 0.122 e. The van der Waals surface area contributed by atoms with E-state index in [9.17, 15) is 0 Å². The Hall–Kier alpha value is -1.02. The summed E-state index contributed by atoms with van der Waals surface area (Å²) in [6.07, 6.45) is 1.61. The summed E-state index contributed by atoms with van der Waals surface area (Å²) in [7, 11) is 0. The normalized spacial score (nSPS) is 25.6. The van der Waals surface area contributed by atoms with E-state index in [0.29, 0.717) is 0 Å². The third-order valence-corrected chi connectivity index (χ3v) is 2.71. The molecule has 0 radical (unpaired) electrons. The minimum Gasteiger partial charge on any atom is -0.490 e. The molecular formula is C12H16O2. The minimum atomic E-state index is -0.148. The van der Waals surface area contributed by atoms with Gasteiger partial charge in [-0.1, -0.05) is 12.1 Å². The number of hydrogen-bond donors (Lipinski definition) is 1. The molecule has 0 aliphatic heterocycles. The van der Waals surface area contributed by atoms with Gasteiger partial charge >= 0.3 is 0 Å². The molecule has 0 aromatic heterocycles. The maximum atomic E-state index is 9.14. The van der Waals surface area contributed by atoms with Crippen LogP contribution in [0.4, 0.5) is 0 Å². The highest BCUT2D eigenvalue weighted by molar-refractivity contribution is 5.36. The highest BCUT2D eigenvalue weighted by Crippen LogP contribution is 2.28. The number of aliphatic hydroxyl groups is 1. The number of rotatable bonds is 2. The van der Waals surface area contributed by atoms with Gasteiger partial charge in [-0.05, 0) is 31.0 Å². The van der Waals surface area contributed by atoms with Crippen molar-refractivity contribution in [2.75, 3.05) is 0 Å². The zero-order valence-electron chi connectivity index (χ0n) is 8.66. The van der Waals surface area contributed by atoms with Crippen molar-refractivity contribution in [1.29, 1.82) is 0 Å². The molecule has 0 spiro atoms. The Morgan fingerprint density at radius 1 is 1.29 bits per heavy atom. The van der Waals surface area contributed by atoms with Gasteiger partial charge in [0.25, 0.3) is 0 Å². The molecule has 1 aliphatic rings. The van der Waals surface area contributed by atoms with Crippen molar-refractivity contribution in [2.24, 2.45) is 0 Å². The summed E-state index contributed by atoms with van der Waals surface area (Å²) in [5.74, 6) is 0.960. The molecule has 0 unspecified atom stereocenters. The first-order valence-corrected chi connectivity index (χ1v) is 5.07. The van der Waals surface area contributed by atoms with Crippen LogP contribution in [-0.4, -0.2) is 17.3 Å². The number of ether oxygens (including phenoxy) is 1. The fourth-order valence-corrected chi connectivity index (χ4v) is 1.65. The van der Waals surface area contributed by atoms with Gasteiger partial charge < -0.3 is 9.84 Å². The molecule has 2 nitrogen and oxygen atoms in total. The van der Waals surface area contributed by atoms with Gasteiger partial charge in [-0.3, -0.25) is 0 Å². The van der Waals surface area contributed by atoms with Gasteiger partial charge in [-0.2, -0.15) is 0 Å². The van der Waals surface area contributed by atoms with Crippen LogP contribution in [0.1, 0.15) is 24.0 Å². The van der Waals surface area contributed by atoms with Gasteiger partial charge in [-0.25, -0.2) is 0 Å². The number of benzene rings is 1. The minimum absolute atomic E-state index is 0.148. The fourth-order valence-electron chi connectivity index (χ4n) is 1.65. The largest absolute Gasteiger partial charge is 0.490 e. The smallest absolute Gasteiger partial charge is 0.122 e. The Kier molecular flexibility index (Phi) is 2.46. The second-order valence-corrected chi connectivity index (χ2v) is 4.13. The van der Waals surface area contributed by atoms with E-state index in [-0.39, 0.29) is 12.2 Å². The Morgan fingerprint density at radius 3 is 2.64 bits per heavy atom. The Morgan fingerprint density at radius 2 is 2.00 bits per heavy atom. The number of hydrogen-bond acceptors (Lipinski definition) is 2. The third kappa shape index (κ3) is 1.90. The molecule has 0 bridgehead atoms. The van der Waals surface area contributed by atoms with Crippen molar-refractivity contribution in [2.45, 2.75) is 38.9 Å². The molecule has 1 aliphatic carbocycles. The molecule has 0 amide bonds. The molecule has 1 fully saturated rings. The van der Waals surface area contributed by atoms with Crippen molar-refractivity contribution >= 4 is 0 Å². The fraction of sp³-hybridized carbons (Fsp3) is 0.500. The molecule has 14 heavy (non-hydrogen) atoms. The van der Waals surface area contributed by atoms with Crippen LogP contribution in [0, 0.1) is 13.8 Å². The average Bonchev–Trinajstić information content (AvgIpc) is 2.09. The van der Waals surface area contributed by atoms with Gasteiger partial charge in [0.2, 0.25) is 0 Å². The zero-order chi connectivity index (χ0) is 10.1. The van der Waals surface area contributed by atoms with E-state index in [1.807, 2.05) is 6.92 Å². The Labute approximate surface area is 84.5 Å². The van der Waals surface area contributed by atoms with Crippen molar-refractivity contribution in [3.05, 3.63) is 29.3 Å². The monoisotopic (exact) mass is 192 g/mol. The van der Waals surface area contributed by atoms with Crippen LogP contribution in [-0.2, 0) is 0 Å². The summed E-state index contributed by atoms with van der Waals surface area (Å²) in [4.78, 5) is 0. The predicted molar refractivity (Wildman–Crippen MR) is 55.6 cm³/mol. The van der Waals surface area contributed by atoms with E-state index in [1.54, 1.807) is 0 Å². The lowest BCUT2D eigenvalue weighted by atomic mass is 9.92. The van der Waals surface area contributed by atoms with Crippen molar-refractivity contribution in [3.8, 4) is 5.75 Å². The van der Waals surface area contributed by atoms with Gasteiger partial charge in [-0.15, -0.1) is 0 Å².